The van der Waals surface area contributed by atoms with Crippen LogP contribution in [0.3, 0.4) is 0 Å². The average Bonchev–Trinajstić information content (AvgIpc) is 2.81. The Bertz CT molecular complexity index is 745. The van der Waals surface area contributed by atoms with Crippen LogP contribution in [-0.4, -0.2) is 12.5 Å². The van der Waals surface area contributed by atoms with Crippen molar-refractivity contribution in [2.75, 3.05) is 17.2 Å². The Labute approximate surface area is 136 Å². The lowest BCUT2D eigenvalue weighted by Crippen LogP contribution is -2.29. The van der Waals surface area contributed by atoms with Gasteiger partial charge in [0.2, 0.25) is 0 Å². The van der Waals surface area contributed by atoms with Gasteiger partial charge in [-0.25, -0.2) is 0 Å². The van der Waals surface area contributed by atoms with Crippen LogP contribution in [0.2, 0.25) is 5.02 Å². The number of hydrogen-bond donors (Lipinski definition) is 1. The molecule has 108 valence electrons. The van der Waals surface area contributed by atoms with Gasteiger partial charge in [0.1, 0.15) is 0 Å². The molecule has 5 heteroatoms. The third kappa shape index (κ3) is 2.54. The molecule has 0 aliphatic carbocycles. The van der Waals surface area contributed by atoms with E-state index in [1.54, 1.807) is 23.1 Å². The van der Waals surface area contributed by atoms with E-state index >= 15 is 0 Å². The molecule has 0 spiro atoms. The number of nitrogens with two attached hydrogens (primary N) is 1. The highest BCUT2D eigenvalue weighted by atomic mass is 79.9. The van der Waals surface area contributed by atoms with Gasteiger partial charge in [0, 0.05) is 27.4 Å². The van der Waals surface area contributed by atoms with E-state index in [1.165, 1.54) is 5.56 Å². The molecule has 0 atom stereocenters. The third-order valence-electron chi connectivity index (χ3n) is 3.77. The van der Waals surface area contributed by atoms with Gasteiger partial charge in [-0.1, -0.05) is 17.7 Å². The normalized spacial score (nSPS) is 13.4. The lowest BCUT2D eigenvalue weighted by atomic mass is 10.1. The summed E-state index contributed by atoms with van der Waals surface area (Å²) in [4.78, 5) is 14.5. The minimum Gasteiger partial charge on any atom is -0.398 e. The van der Waals surface area contributed by atoms with E-state index in [1.807, 2.05) is 13.0 Å². The summed E-state index contributed by atoms with van der Waals surface area (Å²) < 4.78 is 0.702. The monoisotopic (exact) mass is 364 g/mol. The molecule has 2 N–H and O–H groups in total. The van der Waals surface area contributed by atoms with E-state index in [-0.39, 0.29) is 5.91 Å². The van der Waals surface area contributed by atoms with Crippen LogP contribution >= 0.6 is 27.5 Å². The SMILES string of the molecule is Cc1cc2c(cc1N)N(C(=O)c1ccc(Cl)cc1Br)CC2. The fourth-order valence-corrected chi connectivity index (χ4v) is 3.45. The molecule has 0 unspecified atom stereocenters. The second-order valence-electron chi connectivity index (χ2n) is 5.17. The van der Waals surface area contributed by atoms with E-state index < -0.39 is 0 Å². The molecule has 2 aromatic carbocycles. The van der Waals surface area contributed by atoms with E-state index in [9.17, 15) is 4.79 Å². The molecule has 1 amide bonds. The number of hydrogen-bond acceptors (Lipinski definition) is 2. The van der Waals surface area contributed by atoms with Gasteiger partial charge < -0.3 is 10.6 Å². The van der Waals surface area contributed by atoms with Gasteiger partial charge in [0.05, 0.1) is 5.56 Å². The van der Waals surface area contributed by atoms with Crippen LogP contribution in [0.1, 0.15) is 21.5 Å². The van der Waals surface area contributed by atoms with Gasteiger partial charge in [-0.05, 0) is 64.7 Å². The smallest absolute Gasteiger partial charge is 0.259 e. The predicted molar refractivity (Wildman–Crippen MR) is 90.1 cm³/mol. The maximum absolute atomic E-state index is 12.8. The van der Waals surface area contributed by atoms with Gasteiger partial charge in [0.15, 0.2) is 0 Å². The van der Waals surface area contributed by atoms with Crippen molar-refractivity contribution >= 4 is 44.8 Å². The van der Waals surface area contributed by atoms with Gasteiger partial charge >= 0.3 is 0 Å². The Balaban J connectivity index is 2.00. The van der Waals surface area contributed by atoms with Crippen LogP contribution < -0.4 is 10.6 Å². The van der Waals surface area contributed by atoms with Crippen molar-refractivity contribution in [1.82, 2.24) is 0 Å². The van der Waals surface area contributed by atoms with Crippen molar-refractivity contribution in [3.63, 3.8) is 0 Å². The van der Waals surface area contributed by atoms with Crippen LogP contribution in [0.5, 0.6) is 0 Å². The van der Waals surface area contributed by atoms with Gasteiger partial charge in [0.25, 0.3) is 5.91 Å². The summed E-state index contributed by atoms with van der Waals surface area (Å²) in [5.74, 6) is -0.0412. The standard InChI is InChI=1S/C16H14BrClN2O/c1-9-6-10-4-5-20(15(10)8-14(9)19)16(21)12-3-2-11(18)7-13(12)17/h2-3,6-8H,4-5,19H2,1H3. The molecular weight excluding hydrogens is 352 g/mol. The van der Waals surface area contributed by atoms with Crippen LogP contribution in [0.25, 0.3) is 0 Å². The van der Waals surface area contributed by atoms with Gasteiger partial charge in [-0.15, -0.1) is 0 Å². The molecule has 0 bridgehead atoms. The van der Waals surface area contributed by atoms with Crippen molar-refractivity contribution in [2.24, 2.45) is 0 Å². The Kier molecular flexibility index (Phi) is 3.68. The molecule has 1 aliphatic heterocycles. The number of fused-ring (bicyclic) bond motifs is 1. The Morgan fingerprint density at radius 2 is 2.10 bits per heavy atom. The molecule has 1 heterocycles. The Morgan fingerprint density at radius 1 is 1.33 bits per heavy atom. The summed E-state index contributed by atoms with van der Waals surface area (Å²) in [6.45, 7) is 2.65. The van der Waals surface area contributed by atoms with Crippen LogP contribution in [-0.2, 0) is 6.42 Å². The minimum absolute atomic E-state index is 0.0412. The number of carbonyl (C=O) groups is 1. The summed E-state index contributed by atoms with van der Waals surface area (Å²) in [6, 6.07) is 9.15. The molecular formula is C16H14BrClN2O. The highest BCUT2D eigenvalue weighted by Crippen LogP contribution is 2.34. The molecule has 0 saturated carbocycles. The molecule has 0 aromatic heterocycles. The number of amides is 1. The largest absolute Gasteiger partial charge is 0.398 e. The first kappa shape index (κ1) is 14.4. The maximum atomic E-state index is 12.8. The summed E-state index contributed by atoms with van der Waals surface area (Å²) in [6.07, 6.45) is 0.855. The lowest BCUT2D eigenvalue weighted by molar-refractivity contribution is 0.0988. The maximum Gasteiger partial charge on any atom is 0.259 e. The van der Waals surface area contributed by atoms with Crippen molar-refractivity contribution in [3.05, 3.63) is 56.5 Å². The van der Waals surface area contributed by atoms with Crippen molar-refractivity contribution < 1.29 is 4.79 Å². The molecule has 0 fully saturated rings. The Hall–Kier alpha value is -1.52. The third-order valence-corrected chi connectivity index (χ3v) is 4.66. The minimum atomic E-state index is -0.0412. The van der Waals surface area contributed by atoms with E-state index in [2.05, 4.69) is 22.0 Å². The summed E-state index contributed by atoms with van der Waals surface area (Å²) in [7, 11) is 0. The van der Waals surface area contributed by atoms with Crippen molar-refractivity contribution in [3.8, 4) is 0 Å². The van der Waals surface area contributed by atoms with Crippen molar-refractivity contribution in [2.45, 2.75) is 13.3 Å². The number of nitrogen functional groups attached to an aromatic ring is 1. The topological polar surface area (TPSA) is 46.3 Å². The van der Waals surface area contributed by atoms with Crippen LogP contribution in [0.15, 0.2) is 34.8 Å². The molecule has 1 aliphatic rings. The summed E-state index contributed by atoms with van der Waals surface area (Å²) >= 11 is 9.33. The zero-order valence-electron chi connectivity index (χ0n) is 11.5. The molecule has 21 heavy (non-hydrogen) atoms. The number of nitrogens with zero attached hydrogens (tertiary/aromatic N) is 1. The molecule has 3 rings (SSSR count). The summed E-state index contributed by atoms with van der Waals surface area (Å²) in [5.41, 5.74) is 10.4. The van der Waals surface area contributed by atoms with Crippen LogP contribution in [0.4, 0.5) is 11.4 Å². The highest BCUT2D eigenvalue weighted by Gasteiger charge is 2.27. The fourth-order valence-electron chi connectivity index (χ4n) is 2.60. The lowest BCUT2D eigenvalue weighted by Gasteiger charge is -2.19. The number of benzene rings is 2. The molecule has 0 saturated heterocycles. The number of aryl methyl sites for hydroxylation is 1. The number of halogens is 2. The van der Waals surface area contributed by atoms with Crippen LogP contribution in [0, 0.1) is 6.92 Å². The fraction of sp³-hybridized carbons (Fsp3) is 0.188. The quantitative estimate of drug-likeness (QED) is 0.770. The van der Waals surface area contributed by atoms with E-state index in [0.29, 0.717) is 27.3 Å². The zero-order chi connectivity index (χ0) is 15.1. The average molecular weight is 366 g/mol. The number of carbonyl (C=O) groups excluding carboxylic acids is 1. The number of anilines is 2. The Morgan fingerprint density at radius 3 is 2.81 bits per heavy atom. The highest BCUT2D eigenvalue weighted by molar-refractivity contribution is 9.10. The number of rotatable bonds is 1. The molecule has 2 aromatic rings. The first-order chi connectivity index (χ1) is 9.97. The summed E-state index contributed by atoms with van der Waals surface area (Å²) in [5, 5.41) is 0.597. The molecule has 3 nitrogen and oxygen atoms in total. The van der Waals surface area contributed by atoms with Crippen molar-refractivity contribution in [1.29, 1.82) is 0 Å². The second-order valence-corrected chi connectivity index (χ2v) is 6.46. The van der Waals surface area contributed by atoms with Gasteiger partial charge in [-0.2, -0.15) is 0 Å². The van der Waals surface area contributed by atoms with Gasteiger partial charge in [-0.3, -0.25) is 4.79 Å². The first-order valence-electron chi connectivity index (χ1n) is 6.63. The predicted octanol–water partition coefficient (Wildman–Crippen LogP) is 4.20. The van der Waals surface area contributed by atoms with E-state index in [4.69, 9.17) is 17.3 Å². The molecule has 0 radical (unpaired) electrons. The first-order valence-corrected chi connectivity index (χ1v) is 7.80. The second kappa shape index (κ2) is 5.35. The zero-order valence-corrected chi connectivity index (χ0v) is 13.8. The van der Waals surface area contributed by atoms with E-state index in [0.717, 1.165) is 17.7 Å².